The van der Waals surface area contributed by atoms with E-state index >= 15 is 0 Å². The van der Waals surface area contributed by atoms with Gasteiger partial charge in [0.05, 0.1) is 12.9 Å². The smallest absolute Gasteiger partial charge is 0.409 e. The number of Topliss-reactive ketones (excluding diaryl/α,β-unsaturated/α-hetero) is 1. The van der Waals surface area contributed by atoms with E-state index in [1.165, 1.54) is 10.9 Å². The average molecular weight is 574 g/mol. The summed E-state index contributed by atoms with van der Waals surface area (Å²) >= 11 is 0. The topological polar surface area (TPSA) is 195 Å². The summed E-state index contributed by atoms with van der Waals surface area (Å²) in [6.45, 7) is 3.73. The number of rotatable bonds is 9. The van der Waals surface area contributed by atoms with Gasteiger partial charge in [0.1, 0.15) is 29.3 Å². The fourth-order valence-electron chi connectivity index (χ4n) is 5.93. The second kappa shape index (κ2) is 12.7. The molecule has 0 aromatic carbocycles. The van der Waals surface area contributed by atoms with Crippen molar-refractivity contribution in [3.63, 3.8) is 0 Å². The lowest BCUT2D eigenvalue weighted by atomic mass is 9.91. The van der Waals surface area contributed by atoms with Gasteiger partial charge in [-0.3, -0.25) is 14.2 Å². The van der Waals surface area contributed by atoms with Gasteiger partial charge in [-0.1, -0.05) is 0 Å². The van der Waals surface area contributed by atoms with Crippen molar-refractivity contribution in [3.05, 3.63) is 12.2 Å². The zero-order valence-corrected chi connectivity index (χ0v) is 23.3. The van der Waals surface area contributed by atoms with Gasteiger partial charge in [0, 0.05) is 44.8 Å². The SMILES string of the molecule is CCNC(=O)[C@H]1O[C@@H](n2cnc3c(N)nc(CCCC4CCN(C(=O)OCC5CCC(=O)C5)CC4)nc32)C(O)[C@H]1O. The summed E-state index contributed by atoms with van der Waals surface area (Å²) < 4.78 is 12.7. The van der Waals surface area contributed by atoms with Gasteiger partial charge in [0.2, 0.25) is 0 Å². The van der Waals surface area contributed by atoms with Crippen LogP contribution < -0.4 is 11.1 Å². The summed E-state index contributed by atoms with van der Waals surface area (Å²) in [4.78, 5) is 51.1. The third-order valence-electron chi connectivity index (χ3n) is 8.29. The molecule has 3 aliphatic rings. The standard InChI is InChI=1S/C27H39N7O7/c1-2-29-25(38)22-20(36)21(37)26(41-22)34-14-30-19-23(28)31-18(32-24(19)34)5-3-4-15-8-10-33(11-9-15)27(39)40-13-16-6-7-17(35)12-16/h14-16,20-22,26,36-37H,2-13H2,1H3,(H,29,38)(H2,28,31,32)/t16?,20-,21?,22+,26-/m1/s1. The van der Waals surface area contributed by atoms with Crippen molar-refractivity contribution >= 4 is 34.8 Å². The summed E-state index contributed by atoms with van der Waals surface area (Å²) in [7, 11) is 0. The lowest BCUT2D eigenvalue weighted by Crippen LogP contribution is -2.42. The quantitative estimate of drug-likeness (QED) is 0.330. The first kappa shape index (κ1) is 29.1. The molecule has 1 saturated carbocycles. The molecule has 2 aromatic rings. The van der Waals surface area contributed by atoms with E-state index in [0.29, 0.717) is 68.4 Å². The van der Waals surface area contributed by atoms with Crippen molar-refractivity contribution in [3.8, 4) is 0 Å². The number of hydrogen-bond acceptors (Lipinski definition) is 11. The summed E-state index contributed by atoms with van der Waals surface area (Å²) in [5.74, 6) is 1.09. The Morgan fingerprint density at radius 1 is 1.17 bits per heavy atom. The first-order valence-electron chi connectivity index (χ1n) is 14.5. The molecule has 14 nitrogen and oxygen atoms in total. The van der Waals surface area contributed by atoms with E-state index in [1.807, 2.05) is 0 Å². The van der Waals surface area contributed by atoms with Crippen LogP contribution >= 0.6 is 0 Å². The van der Waals surface area contributed by atoms with Crippen LogP contribution in [0.2, 0.25) is 0 Å². The van der Waals surface area contributed by atoms with Crippen molar-refractivity contribution < 1.29 is 34.1 Å². The molecule has 0 spiro atoms. The number of likely N-dealkylation sites (tertiary alicyclic amines) is 1. The normalized spacial score (nSPS) is 27.0. The number of fused-ring (bicyclic) bond motifs is 1. The van der Waals surface area contributed by atoms with Crippen LogP contribution in [0.15, 0.2) is 6.33 Å². The maximum absolute atomic E-state index is 12.4. The highest BCUT2D eigenvalue weighted by molar-refractivity contribution is 5.83. The molecule has 5 rings (SSSR count). The van der Waals surface area contributed by atoms with E-state index in [-0.39, 0.29) is 23.6 Å². The number of nitrogens with one attached hydrogen (secondary N) is 1. The first-order valence-corrected chi connectivity index (χ1v) is 14.5. The molecule has 1 aliphatic carbocycles. The molecule has 224 valence electrons. The van der Waals surface area contributed by atoms with Gasteiger partial charge < -0.3 is 35.6 Å². The van der Waals surface area contributed by atoms with Crippen molar-refractivity contribution in [1.82, 2.24) is 29.7 Å². The highest BCUT2D eigenvalue weighted by Crippen LogP contribution is 2.32. The Labute approximate surface area is 237 Å². The van der Waals surface area contributed by atoms with Gasteiger partial charge >= 0.3 is 6.09 Å². The number of nitrogen functional groups attached to an aromatic ring is 1. The molecule has 0 bridgehead atoms. The number of anilines is 1. The van der Waals surface area contributed by atoms with Gasteiger partial charge in [-0.05, 0) is 44.9 Å². The molecule has 2 amide bonds. The number of ether oxygens (including phenoxy) is 2. The molecule has 41 heavy (non-hydrogen) atoms. The third-order valence-corrected chi connectivity index (χ3v) is 8.29. The van der Waals surface area contributed by atoms with Gasteiger partial charge in [-0.15, -0.1) is 0 Å². The largest absolute Gasteiger partial charge is 0.449 e. The predicted molar refractivity (Wildman–Crippen MR) is 145 cm³/mol. The Bertz CT molecular complexity index is 1260. The fourth-order valence-corrected chi connectivity index (χ4v) is 5.93. The number of ketones is 1. The lowest BCUT2D eigenvalue weighted by Gasteiger charge is -2.31. The molecular formula is C27H39N7O7. The van der Waals surface area contributed by atoms with Crippen LogP contribution in [0, 0.1) is 11.8 Å². The monoisotopic (exact) mass is 573 g/mol. The molecule has 5 atom stereocenters. The molecule has 2 unspecified atom stereocenters. The third kappa shape index (κ3) is 6.44. The minimum Gasteiger partial charge on any atom is -0.449 e. The molecule has 14 heteroatoms. The van der Waals surface area contributed by atoms with Crippen LogP contribution in [0.3, 0.4) is 0 Å². The maximum Gasteiger partial charge on any atom is 0.409 e. The number of imidazole rings is 1. The van der Waals surface area contributed by atoms with E-state index in [1.54, 1.807) is 11.8 Å². The number of amides is 2. The van der Waals surface area contributed by atoms with Crippen LogP contribution in [-0.4, -0.2) is 97.0 Å². The number of hydrogen-bond donors (Lipinski definition) is 4. The van der Waals surface area contributed by atoms with Gasteiger partial charge in [0.15, 0.2) is 23.8 Å². The Kier molecular flexibility index (Phi) is 9.00. The summed E-state index contributed by atoms with van der Waals surface area (Å²) in [6.07, 6.45) is 2.07. The Morgan fingerprint density at radius 3 is 2.66 bits per heavy atom. The number of aryl methyl sites for hydroxylation is 1. The van der Waals surface area contributed by atoms with E-state index < -0.39 is 30.4 Å². The first-order chi connectivity index (χ1) is 19.7. The second-order valence-corrected chi connectivity index (χ2v) is 11.2. The van der Waals surface area contributed by atoms with Gasteiger partial charge in [-0.2, -0.15) is 0 Å². The van der Waals surface area contributed by atoms with Crippen LogP contribution in [0.25, 0.3) is 11.2 Å². The van der Waals surface area contributed by atoms with Crippen LogP contribution in [0.1, 0.15) is 63.9 Å². The van der Waals surface area contributed by atoms with E-state index in [0.717, 1.165) is 32.1 Å². The summed E-state index contributed by atoms with van der Waals surface area (Å²) in [6, 6.07) is 0. The molecular weight excluding hydrogens is 534 g/mol. The van der Waals surface area contributed by atoms with Crippen LogP contribution in [0.5, 0.6) is 0 Å². The number of aromatic nitrogens is 4. The second-order valence-electron chi connectivity index (χ2n) is 11.2. The Hall–Kier alpha value is -3.36. The number of nitrogens with two attached hydrogens (primary N) is 1. The fraction of sp³-hybridized carbons (Fsp3) is 0.704. The van der Waals surface area contributed by atoms with Crippen molar-refractivity contribution in [2.24, 2.45) is 11.8 Å². The molecule has 2 aromatic heterocycles. The maximum atomic E-state index is 12.4. The molecule has 5 N–H and O–H groups in total. The zero-order valence-electron chi connectivity index (χ0n) is 23.3. The van der Waals surface area contributed by atoms with E-state index in [9.17, 15) is 24.6 Å². The van der Waals surface area contributed by atoms with Crippen LogP contribution in [-0.2, 0) is 25.5 Å². The number of aliphatic hydroxyl groups is 2. The number of carbonyl (C=O) groups excluding carboxylic acids is 3. The van der Waals surface area contributed by atoms with Crippen LogP contribution in [0.4, 0.5) is 10.6 Å². The van der Waals surface area contributed by atoms with Crippen molar-refractivity contribution in [2.75, 3.05) is 32.0 Å². The molecule has 2 saturated heterocycles. The minimum absolute atomic E-state index is 0.157. The summed E-state index contributed by atoms with van der Waals surface area (Å²) in [5, 5.41) is 23.6. The van der Waals surface area contributed by atoms with E-state index in [2.05, 4.69) is 20.3 Å². The van der Waals surface area contributed by atoms with Gasteiger partial charge in [-0.25, -0.2) is 19.7 Å². The minimum atomic E-state index is -1.41. The van der Waals surface area contributed by atoms with Gasteiger partial charge in [0.25, 0.3) is 5.91 Å². The lowest BCUT2D eigenvalue weighted by molar-refractivity contribution is -0.137. The number of piperidine rings is 1. The number of likely N-dealkylation sites (N-methyl/N-ethyl adjacent to an activating group) is 1. The average Bonchev–Trinajstić information content (AvgIpc) is 3.65. The summed E-state index contributed by atoms with van der Waals surface area (Å²) in [5.41, 5.74) is 6.87. The molecule has 4 heterocycles. The Balaban J connectivity index is 1.13. The highest BCUT2D eigenvalue weighted by atomic mass is 16.6. The molecule has 0 radical (unpaired) electrons. The number of carbonyl (C=O) groups is 3. The van der Waals surface area contributed by atoms with E-state index in [4.69, 9.17) is 15.2 Å². The number of aliphatic hydroxyl groups excluding tert-OH is 2. The highest BCUT2D eigenvalue weighted by Gasteiger charge is 2.47. The number of nitrogens with zero attached hydrogens (tertiary/aromatic N) is 5. The zero-order chi connectivity index (χ0) is 29.1. The predicted octanol–water partition coefficient (Wildman–Crippen LogP) is 0.704. The Morgan fingerprint density at radius 2 is 1.95 bits per heavy atom. The molecule has 2 aliphatic heterocycles. The van der Waals surface area contributed by atoms with Crippen molar-refractivity contribution in [1.29, 1.82) is 0 Å². The van der Waals surface area contributed by atoms with Crippen molar-refractivity contribution in [2.45, 2.75) is 82.8 Å². The molecule has 3 fully saturated rings.